The van der Waals surface area contributed by atoms with Gasteiger partial charge in [-0.1, -0.05) is 17.7 Å². The number of hydrogen-bond donors (Lipinski definition) is 4. The fourth-order valence-corrected chi connectivity index (χ4v) is 3.77. The number of aliphatic hydroxyl groups is 1. The van der Waals surface area contributed by atoms with Crippen LogP contribution in [0, 0.1) is 0 Å². The monoisotopic (exact) mass is 426 g/mol. The van der Waals surface area contributed by atoms with E-state index in [1.54, 1.807) is 26.0 Å². The number of allylic oxidation sites excluding steroid dienone is 2. The minimum atomic E-state index is -0.670. The first-order chi connectivity index (χ1) is 14.5. The maximum absolute atomic E-state index is 12.5. The number of rotatable bonds is 7. The molecule has 0 spiro atoms. The van der Waals surface area contributed by atoms with Crippen LogP contribution in [0.2, 0.25) is 0 Å². The van der Waals surface area contributed by atoms with Gasteiger partial charge in [-0.25, -0.2) is 0 Å². The van der Waals surface area contributed by atoms with Gasteiger partial charge in [-0.05, 0) is 69.7 Å². The van der Waals surface area contributed by atoms with Gasteiger partial charge in [-0.3, -0.25) is 4.79 Å². The molecule has 2 aromatic rings. The van der Waals surface area contributed by atoms with Gasteiger partial charge in [-0.15, -0.1) is 0 Å². The summed E-state index contributed by atoms with van der Waals surface area (Å²) in [5, 5.41) is 39.8. The highest BCUT2D eigenvalue weighted by Crippen LogP contribution is 2.42. The molecule has 4 N–H and O–H groups in total. The molecule has 1 atom stereocenters. The van der Waals surface area contributed by atoms with E-state index < -0.39 is 11.7 Å². The van der Waals surface area contributed by atoms with Crippen LogP contribution >= 0.6 is 0 Å². The third kappa shape index (κ3) is 5.79. The van der Waals surface area contributed by atoms with Crippen molar-refractivity contribution in [1.29, 1.82) is 0 Å². The normalized spacial score (nSPS) is 16.7. The largest absolute Gasteiger partial charge is 0.508 e. The van der Waals surface area contributed by atoms with Crippen molar-refractivity contribution in [3.05, 3.63) is 58.7 Å². The second-order valence-corrected chi connectivity index (χ2v) is 8.88. The van der Waals surface area contributed by atoms with E-state index in [4.69, 9.17) is 4.74 Å². The van der Waals surface area contributed by atoms with Crippen LogP contribution < -0.4 is 4.74 Å². The third-order valence-electron chi connectivity index (χ3n) is 5.49. The lowest BCUT2D eigenvalue weighted by atomic mass is 9.93. The van der Waals surface area contributed by atoms with Crippen LogP contribution in [-0.4, -0.2) is 31.8 Å². The third-order valence-corrected chi connectivity index (χ3v) is 5.49. The number of carbonyl (C=O) groups is 1. The highest BCUT2D eigenvalue weighted by atomic mass is 16.5. The number of ether oxygens (including phenoxy) is 1. The number of fused-ring (bicyclic) bond motifs is 1. The Bertz CT molecular complexity index is 1000. The van der Waals surface area contributed by atoms with Crippen LogP contribution in [0.4, 0.5) is 0 Å². The topological polar surface area (TPSA) is 107 Å². The lowest BCUT2D eigenvalue weighted by molar-refractivity contribution is 0.0689. The van der Waals surface area contributed by atoms with Gasteiger partial charge in [0, 0.05) is 12.1 Å². The van der Waals surface area contributed by atoms with Crippen LogP contribution in [0.1, 0.15) is 74.0 Å². The van der Waals surface area contributed by atoms with Gasteiger partial charge in [0.05, 0.1) is 12.0 Å². The molecular formula is C25H30O6. The van der Waals surface area contributed by atoms with Crippen molar-refractivity contribution in [1.82, 2.24) is 0 Å². The minimum absolute atomic E-state index is 0.0569. The molecule has 0 aliphatic carbocycles. The molecule has 2 aromatic carbocycles. The Morgan fingerprint density at radius 2 is 1.90 bits per heavy atom. The first kappa shape index (κ1) is 22.7. The van der Waals surface area contributed by atoms with E-state index >= 15 is 0 Å². The smallest absolute Gasteiger partial charge is 0.174 e. The summed E-state index contributed by atoms with van der Waals surface area (Å²) < 4.78 is 5.89. The van der Waals surface area contributed by atoms with Crippen molar-refractivity contribution < 1.29 is 30.0 Å². The molecule has 6 heteroatoms. The molecule has 31 heavy (non-hydrogen) atoms. The summed E-state index contributed by atoms with van der Waals surface area (Å²) in [5.74, 6) is -0.421. The predicted molar refractivity (Wildman–Crippen MR) is 118 cm³/mol. The zero-order valence-electron chi connectivity index (χ0n) is 18.2. The highest BCUT2D eigenvalue weighted by Gasteiger charge is 2.31. The summed E-state index contributed by atoms with van der Waals surface area (Å²) in [6.45, 7) is 5.63. The predicted octanol–water partition coefficient (Wildman–Crippen LogP) is 4.94. The quantitative estimate of drug-likeness (QED) is 0.467. The van der Waals surface area contributed by atoms with Crippen LogP contribution in [0.5, 0.6) is 23.0 Å². The van der Waals surface area contributed by atoms with Gasteiger partial charge >= 0.3 is 0 Å². The average Bonchev–Trinajstić information content (AvgIpc) is 2.65. The Morgan fingerprint density at radius 3 is 2.61 bits per heavy atom. The van der Waals surface area contributed by atoms with Crippen LogP contribution in [0.15, 0.2) is 42.0 Å². The molecule has 0 bridgehead atoms. The van der Waals surface area contributed by atoms with E-state index in [9.17, 15) is 25.2 Å². The van der Waals surface area contributed by atoms with Crippen molar-refractivity contribution in [2.45, 2.75) is 64.6 Å². The number of ketones is 1. The maximum atomic E-state index is 12.5. The number of phenolic OH excluding ortho intramolecular Hbond substituents is 3. The summed E-state index contributed by atoms with van der Waals surface area (Å²) in [4.78, 5) is 12.5. The van der Waals surface area contributed by atoms with Crippen LogP contribution in [0.25, 0.3) is 0 Å². The Labute approximate surface area is 182 Å². The Hall–Kier alpha value is -2.99. The number of aromatic hydroxyl groups is 3. The molecule has 3 rings (SSSR count). The van der Waals surface area contributed by atoms with Gasteiger partial charge in [0.15, 0.2) is 5.78 Å². The molecule has 0 saturated heterocycles. The van der Waals surface area contributed by atoms with Gasteiger partial charge in [0.2, 0.25) is 0 Å². The van der Waals surface area contributed by atoms with Crippen LogP contribution in [-0.2, 0) is 6.42 Å². The molecule has 1 heterocycles. The summed E-state index contributed by atoms with van der Waals surface area (Å²) in [5.41, 5.74) is 2.05. The number of Topliss-reactive ketones (excluding diaryl/α,β-unsaturated/α-hetero) is 1. The summed E-state index contributed by atoms with van der Waals surface area (Å²) >= 11 is 0. The molecule has 0 unspecified atom stereocenters. The van der Waals surface area contributed by atoms with E-state index in [1.807, 2.05) is 13.0 Å². The van der Waals surface area contributed by atoms with Crippen molar-refractivity contribution in [3.63, 3.8) is 0 Å². The molecule has 0 aromatic heterocycles. The molecule has 1 aliphatic heterocycles. The fraction of sp³-hybridized carbons (Fsp3) is 0.400. The molecule has 0 fully saturated rings. The molecule has 6 nitrogen and oxygen atoms in total. The molecule has 0 saturated carbocycles. The van der Waals surface area contributed by atoms with E-state index in [2.05, 4.69) is 6.08 Å². The fourth-order valence-electron chi connectivity index (χ4n) is 3.77. The van der Waals surface area contributed by atoms with Gasteiger partial charge in [0.1, 0.15) is 34.7 Å². The van der Waals surface area contributed by atoms with Crippen molar-refractivity contribution >= 4 is 5.78 Å². The Balaban J connectivity index is 1.74. The zero-order valence-corrected chi connectivity index (χ0v) is 18.2. The van der Waals surface area contributed by atoms with Crippen molar-refractivity contribution in [2.75, 3.05) is 0 Å². The van der Waals surface area contributed by atoms with E-state index in [1.165, 1.54) is 11.6 Å². The molecular weight excluding hydrogens is 396 g/mol. The molecule has 1 aliphatic rings. The Morgan fingerprint density at radius 1 is 1.16 bits per heavy atom. The second kappa shape index (κ2) is 9.02. The van der Waals surface area contributed by atoms with E-state index in [-0.39, 0.29) is 40.8 Å². The zero-order chi connectivity index (χ0) is 22.8. The number of carbonyl (C=O) groups excluding carboxylic acids is 1. The summed E-state index contributed by atoms with van der Waals surface area (Å²) in [7, 11) is 0. The molecule has 0 amide bonds. The van der Waals surface area contributed by atoms with Gasteiger partial charge < -0.3 is 25.2 Å². The number of benzene rings is 2. The Kier molecular flexibility index (Phi) is 6.60. The van der Waals surface area contributed by atoms with E-state index in [0.29, 0.717) is 6.42 Å². The highest BCUT2D eigenvalue weighted by molar-refractivity contribution is 6.02. The summed E-state index contributed by atoms with van der Waals surface area (Å²) in [6.07, 6.45) is 4.55. The summed E-state index contributed by atoms with van der Waals surface area (Å²) in [6, 6.07) is 7.56. The van der Waals surface area contributed by atoms with E-state index in [0.717, 1.165) is 36.5 Å². The number of hydrogen-bond acceptors (Lipinski definition) is 6. The average molecular weight is 427 g/mol. The van der Waals surface area contributed by atoms with Crippen LogP contribution in [0.3, 0.4) is 0 Å². The van der Waals surface area contributed by atoms with Crippen molar-refractivity contribution in [3.8, 4) is 23.0 Å². The standard InChI is InChI=1S/C25H30O6/c1-15(5-4-10-25(2,3)30)6-7-16-11-17(8-9-19(16)27)22-14-21(29)24-20(28)12-18(26)13-23(24)31-22/h6,8-9,11-13,22,26-28,30H,4-5,7,10,14H2,1-3H3/b15-6+/t22-/m0/s1. The van der Waals surface area contributed by atoms with Gasteiger partial charge in [0.25, 0.3) is 0 Å². The maximum Gasteiger partial charge on any atom is 0.174 e. The minimum Gasteiger partial charge on any atom is -0.508 e. The van der Waals surface area contributed by atoms with Gasteiger partial charge in [-0.2, -0.15) is 0 Å². The van der Waals surface area contributed by atoms with Crippen molar-refractivity contribution in [2.24, 2.45) is 0 Å². The first-order valence-electron chi connectivity index (χ1n) is 10.5. The lowest BCUT2D eigenvalue weighted by Crippen LogP contribution is -2.20. The SMILES string of the molecule is C/C(=C\Cc1cc([C@@H]2CC(=O)c3c(O)cc(O)cc3O2)ccc1O)CCCC(C)(C)O. The second-order valence-electron chi connectivity index (χ2n) is 8.88. The molecule has 166 valence electrons. The molecule has 0 radical (unpaired) electrons. The first-order valence-corrected chi connectivity index (χ1v) is 10.5. The number of phenols is 3. The lowest BCUT2D eigenvalue weighted by Gasteiger charge is -2.26.